The SMILES string of the molecule is FCCn1ccc(NCc2cn3cccc(Br)c3n2)n1. The highest BCUT2D eigenvalue weighted by Gasteiger charge is 2.05. The number of aromatic nitrogens is 4. The fraction of sp³-hybridized carbons (Fsp3) is 0.231. The molecule has 0 atom stereocenters. The van der Waals surface area contributed by atoms with Crippen molar-refractivity contribution in [1.29, 1.82) is 0 Å². The second-order valence-electron chi connectivity index (χ2n) is 4.33. The Morgan fingerprint density at radius 1 is 1.30 bits per heavy atom. The third-order valence-electron chi connectivity index (χ3n) is 2.89. The molecule has 0 radical (unpaired) electrons. The number of alkyl halides is 1. The highest BCUT2D eigenvalue weighted by molar-refractivity contribution is 9.10. The summed E-state index contributed by atoms with van der Waals surface area (Å²) in [4.78, 5) is 4.53. The predicted molar refractivity (Wildman–Crippen MR) is 78.4 cm³/mol. The zero-order valence-electron chi connectivity index (χ0n) is 10.6. The molecular formula is C13H13BrFN5. The van der Waals surface area contributed by atoms with Gasteiger partial charge in [0.1, 0.15) is 12.5 Å². The molecule has 0 aliphatic rings. The number of nitrogens with zero attached hydrogens (tertiary/aromatic N) is 4. The fourth-order valence-electron chi connectivity index (χ4n) is 1.96. The van der Waals surface area contributed by atoms with Gasteiger partial charge in [-0.1, -0.05) is 0 Å². The summed E-state index contributed by atoms with van der Waals surface area (Å²) in [6, 6.07) is 5.73. The van der Waals surface area contributed by atoms with Crippen LogP contribution in [0.4, 0.5) is 10.2 Å². The van der Waals surface area contributed by atoms with E-state index < -0.39 is 6.67 Å². The van der Waals surface area contributed by atoms with E-state index in [0.717, 1.165) is 21.6 Å². The van der Waals surface area contributed by atoms with Gasteiger partial charge in [0.15, 0.2) is 5.65 Å². The molecule has 0 fully saturated rings. The van der Waals surface area contributed by atoms with Crippen molar-refractivity contribution >= 4 is 27.4 Å². The lowest BCUT2D eigenvalue weighted by Crippen LogP contribution is -2.03. The highest BCUT2D eigenvalue weighted by atomic mass is 79.9. The zero-order chi connectivity index (χ0) is 13.9. The molecule has 3 rings (SSSR count). The van der Waals surface area contributed by atoms with Crippen molar-refractivity contribution in [1.82, 2.24) is 19.2 Å². The van der Waals surface area contributed by atoms with Gasteiger partial charge < -0.3 is 9.72 Å². The molecular weight excluding hydrogens is 325 g/mol. The maximum Gasteiger partial charge on any atom is 0.151 e. The largest absolute Gasteiger partial charge is 0.363 e. The van der Waals surface area contributed by atoms with Crippen molar-refractivity contribution in [3.63, 3.8) is 0 Å². The van der Waals surface area contributed by atoms with Crippen molar-refractivity contribution in [2.45, 2.75) is 13.1 Å². The van der Waals surface area contributed by atoms with Gasteiger partial charge in [0.05, 0.1) is 23.3 Å². The number of imidazole rings is 1. The lowest BCUT2D eigenvalue weighted by atomic mass is 10.4. The summed E-state index contributed by atoms with van der Waals surface area (Å²) in [7, 11) is 0. The summed E-state index contributed by atoms with van der Waals surface area (Å²) < 4.78 is 16.7. The van der Waals surface area contributed by atoms with E-state index in [-0.39, 0.29) is 6.54 Å². The molecule has 3 aromatic rings. The van der Waals surface area contributed by atoms with Crippen molar-refractivity contribution in [2.75, 3.05) is 12.0 Å². The molecule has 104 valence electrons. The number of nitrogens with one attached hydrogen (secondary N) is 1. The van der Waals surface area contributed by atoms with Crippen LogP contribution >= 0.6 is 15.9 Å². The lowest BCUT2D eigenvalue weighted by Gasteiger charge is -1.99. The van der Waals surface area contributed by atoms with E-state index in [4.69, 9.17) is 0 Å². The van der Waals surface area contributed by atoms with Gasteiger partial charge in [-0.15, -0.1) is 0 Å². The van der Waals surface area contributed by atoms with Crippen LogP contribution in [0.3, 0.4) is 0 Å². The zero-order valence-corrected chi connectivity index (χ0v) is 12.2. The minimum Gasteiger partial charge on any atom is -0.363 e. The van der Waals surface area contributed by atoms with E-state index in [1.54, 1.807) is 10.9 Å². The van der Waals surface area contributed by atoms with E-state index in [9.17, 15) is 4.39 Å². The summed E-state index contributed by atoms with van der Waals surface area (Å²) in [5, 5.41) is 7.38. The second kappa shape index (κ2) is 5.62. The Hall–Kier alpha value is -1.89. The molecule has 0 aliphatic carbocycles. The van der Waals surface area contributed by atoms with Crippen molar-refractivity contribution < 1.29 is 4.39 Å². The van der Waals surface area contributed by atoms with Crippen molar-refractivity contribution in [2.24, 2.45) is 0 Å². The molecule has 1 N–H and O–H groups in total. The van der Waals surface area contributed by atoms with Crippen LogP contribution in [0.15, 0.2) is 41.3 Å². The van der Waals surface area contributed by atoms with E-state index in [0.29, 0.717) is 6.54 Å². The van der Waals surface area contributed by atoms with Gasteiger partial charge in [-0.25, -0.2) is 9.37 Å². The van der Waals surface area contributed by atoms with E-state index >= 15 is 0 Å². The topological polar surface area (TPSA) is 47.2 Å². The lowest BCUT2D eigenvalue weighted by molar-refractivity contribution is 0.427. The summed E-state index contributed by atoms with van der Waals surface area (Å²) in [5.74, 6) is 0.717. The molecule has 0 aliphatic heterocycles. The average molecular weight is 338 g/mol. The molecule has 0 saturated carbocycles. The Bertz CT molecular complexity index is 720. The van der Waals surface area contributed by atoms with E-state index in [1.165, 1.54) is 0 Å². The number of anilines is 1. The average Bonchev–Trinajstić information content (AvgIpc) is 3.04. The third-order valence-corrected chi connectivity index (χ3v) is 3.51. The molecule has 3 heterocycles. The van der Waals surface area contributed by atoms with Crippen LogP contribution in [0.25, 0.3) is 5.65 Å². The number of hydrogen-bond acceptors (Lipinski definition) is 3. The minimum absolute atomic E-state index is 0.281. The molecule has 0 amide bonds. The van der Waals surface area contributed by atoms with E-state index in [1.807, 2.05) is 35.0 Å². The normalized spacial score (nSPS) is 11.1. The van der Waals surface area contributed by atoms with Gasteiger partial charge in [0, 0.05) is 24.7 Å². The number of fused-ring (bicyclic) bond motifs is 1. The van der Waals surface area contributed by atoms with Crippen LogP contribution in [0.5, 0.6) is 0 Å². The van der Waals surface area contributed by atoms with E-state index in [2.05, 4.69) is 31.3 Å². The third kappa shape index (κ3) is 2.67. The Morgan fingerprint density at radius 2 is 2.20 bits per heavy atom. The minimum atomic E-state index is -0.415. The van der Waals surface area contributed by atoms with Crippen LogP contribution in [0.1, 0.15) is 5.69 Å². The quantitative estimate of drug-likeness (QED) is 0.778. The maximum atomic E-state index is 12.2. The summed E-state index contributed by atoms with van der Waals surface area (Å²) in [6.45, 7) is 0.436. The van der Waals surface area contributed by atoms with Crippen molar-refractivity contribution in [3.05, 3.63) is 47.0 Å². The van der Waals surface area contributed by atoms with Gasteiger partial charge in [0.2, 0.25) is 0 Å². The Labute approximate surface area is 123 Å². The van der Waals surface area contributed by atoms with Crippen LogP contribution in [-0.4, -0.2) is 25.8 Å². The standard InChI is InChI=1S/C13H13BrFN5/c14-11-2-1-5-19-9-10(17-13(11)19)8-16-12-3-6-20(18-12)7-4-15/h1-3,5-6,9H,4,7-8H2,(H,16,18). The number of rotatable bonds is 5. The molecule has 5 nitrogen and oxygen atoms in total. The molecule has 20 heavy (non-hydrogen) atoms. The summed E-state index contributed by atoms with van der Waals surface area (Å²) >= 11 is 3.47. The number of hydrogen-bond donors (Lipinski definition) is 1. The smallest absolute Gasteiger partial charge is 0.151 e. The van der Waals surface area contributed by atoms with Crippen LogP contribution < -0.4 is 5.32 Å². The first kappa shape index (κ1) is 13.1. The number of aryl methyl sites for hydroxylation is 1. The molecule has 0 aromatic carbocycles. The molecule has 0 bridgehead atoms. The second-order valence-corrected chi connectivity index (χ2v) is 5.18. The van der Waals surface area contributed by atoms with Crippen LogP contribution in [-0.2, 0) is 13.1 Å². The van der Waals surface area contributed by atoms with Crippen LogP contribution in [0, 0.1) is 0 Å². The monoisotopic (exact) mass is 337 g/mol. The van der Waals surface area contributed by atoms with Gasteiger partial charge in [-0.2, -0.15) is 5.10 Å². The predicted octanol–water partition coefficient (Wildman–Crippen LogP) is 2.87. The van der Waals surface area contributed by atoms with Gasteiger partial charge in [0.25, 0.3) is 0 Å². The molecule has 0 unspecified atom stereocenters. The highest BCUT2D eigenvalue weighted by Crippen LogP contribution is 2.17. The maximum absolute atomic E-state index is 12.2. The first-order chi connectivity index (χ1) is 9.76. The molecule has 3 aromatic heterocycles. The van der Waals surface area contributed by atoms with Gasteiger partial charge >= 0.3 is 0 Å². The first-order valence-corrected chi connectivity index (χ1v) is 7.01. The summed E-state index contributed by atoms with van der Waals surface area (Å²) in [6.07, 6.45) is 5.67. The van der Waals surface area contributed by atoms with Gasteiger partial charge in [-0.3, -0.25) is 4.68 Å². The Kier molecular flexibility index (Phi) is 3.68. The molecule has 7 heteroatoms. The Balaban J connectivity index is 1.71. The van der Waals surface area contributed by atoms with Gasteiger partial charge in [-0.05, 0) is 28.1 Å². The first-order valence-electron chi connectivity index (χ1n) is 6.21. The molecule has 0 saturated heterocycles. The van der Waals surface area contributed by atoms with Crippen LogP contribution in [0.2, 0.25) is 0 Å². The number of halogens is 2. The van der Waals surface area contributed by atoms with Crippen molar-refractivity contribution in [3.8, 4) is 0 Å². The molecule has 0 spiro atoms. The summed E-state index contributed by atoms with van der Waals surface area (Å²) in [5.41, 5.74) is 1.80. The Morgan fingerprint density at radius 3 is 3.00 bits per heavy atom. The fourth-order valence-corrected chi connectivity index (χ4v) is 2.41. The number of pyridine rings is 1.